The molecule has 3 rings (SSSR count). The predicted molar refractivity (Wildman–Crippen MR) is 100 cm³/mol. The van der Waals surface area contributed by atoms with Crippen LogP contribution >= 0.6 is 0 Å². The molecule has 1 saturated heterocycles. The average molecular weight is 368 g/mol. The monoisotopic (exact) mass is 368 g/mol. The summed E-state index contributed by atoms with van der Waals surface area (Å²) in [7, 11) is 0. The highest BCUT2D eigenvalue weighted by atomic mass is 19.1. The fourth-order valence-electron chi connectivity index (χ4n) is 3.24. The lowest BCUT2D eigenvalue weighted by molar-refractivity contribution is -0.121. The lowest BCUT2D eigenvalue weighted by atomic mass is 9.96. The number of Topliss-reactive ketones (excluding diaryl/α,β-unsaturated/α-hetero) is 1. The first kappa shape index (κ1) is 18.8. The van der Waals surface area contributed by atoms with Gasteiger partial charge >= 0.3 is 0 Å². The Hall–Kier alpha value is -3.02. The molecule has 2 aromatic carbocycles. The van der Waals surface area contributed by atoms with Crippen molar-refractivity contribution in [3.8, 4) is 0 Å². The second kappa shape index (κ2) is 8.12. The van der Waals surface area contributed by atoms with Gasteiger partial charge in [-0.2, -0.15) is 0 Å². The van der Waals surface area contributed by atoms with Crippen molar-refractivity contribution >= 4 is 23.3 Å². The van der Waals surface area contributed by atoms with Gasteiger partial charge in [0.25, 0.3) is 5.91 Å². The van der Waals surface area contributed by atoms with Crippen LogP contribution in [-0.2, 0) is 4.79 Å². The second-order valence-electron chi connectivity index (χ2n) is 6.70. The van der Waals surface area contributed by atoms with Crippen LogP contribution in [0.15, 0.2) is 48.5 Å². The molecule has 1 N–H and O–H groups in total. The van der Waals surface area contributed by atoms with E-state index in [1.54, 1.807) is 30.3 Å². The number of ketones is 1. The van der Waals surface area contributed by atoms with Gasteiger partial charge in [-0.15, -0.1) is 0 Å². The van der Waals surface area contributed by atoms with E-state index in [0.29, 0.717) is 30.6 Å². The summed E-state index contributed by atoms with van der Waals surface area (Å²) < 4.78 is 13.9. The topological polar surface area (TPSA) is 66.5 Å². The standard InChI is InChI=1S/C21H21FN2O3/c1-14(25)15-6-4-8-17(12-15)23-20(26)16-7-5-11-24(13-16)21(27)18-9-2-3-10-19(18)22/h2-4,6,8-10,12,16H,5,7,11,13H2,1H3,(H,23,26)/t16-/m0/s1. The fraction of sp³-hybridized carbons (Fsp3) is 0.286. The summed E-state index contributed by atoms with van der Waals surface area (Å²) in [6, 6.07) is 12.6. The Balaban J connectivity index is 1.68. The van der Waals surface area contributed by atoms with E-state index < -0.39 is 11.7 Å². The van der Waals surface area contributed by atoms with Gasteiger partial charge in [0.15, 0.2) is 5.78 Å². The molecule has 1 atom stereocenters. The summed E-state index contributed by atoms with van der Waals surface area (Å²) in [5.41, 5.74) is 1.09. The molecule has 0 saturated carbocycles. The number of benzene rings is 2. The van der Waals surface area contributed by atoms with Crippen LogP contribution in [0, 0.1) is 11.7 Å². The van der Waals surface area contributed by atoms with E-state index in [1.807, 2.05) is 0 Å². The zero-order valence-electron chi connectivity index (χ0n) is 15.1. The van der Waals surface area contributed by atoms with E-state index in [0.717, 1.165) is 0 Å². The van der Waals surface area contributed by atoms with Crippen LogP contribution in [0.3, 0.4) is 0 Å². The summed E-state index contributed by atoms with van der Waals surface area (Å²) in [4.78, 5) is 38.2. The van der Waals surface area contributed by atoms with Crippen LogP contribution in [0.2, 0.25) is 0 Å². The van der Waals surface area contributed by atoms with Gasteiger partial charge in [0.2, 0.25) is 5.91 Å². The number of amides is 2. The molecule has 27 heavy (non-hydrogen) atoms. The van der Waals surface area contributed by atoms with E-state index in [4.69, 9.17) is 0 Å². The average Bonchev–Trinajstić information content (AvgIpc) is 2.68. The highest BCUT2D eigenvalue weighted by molar-refractivity contribution is 5.98. The van der Waals surface area contributed by atoms with Gasteiger partial charge in [0, 0.05) is 24.3 Å². The summed E-state index contributed by atoms with van der Waals surface area (Å²) in [6.45, 7) is 2.20. The van der Waals surface area contributed by atoms with Crippen molar-refractivity contribution in [1.82, 2.24) is 4.90 Å². The first-order valence-corrected chi connectivity index (χ1v) is 8.91. The van der Waals surface area contributed by atoms with Crippen molar-refractivity contribution in [1.29, 1.82) is 0 Å². The maximum Gasteiger partial charge on any atom is 0.256 e. The van der Waals surface area contributed by atoms with Crippen molar-refractivity contribution in [2.75, 3.05) is 18.4 Å². The van der Waals surface area contributed by atoms with E-state index in [2.05, 4.69) is 5.32 Å². The lowest BCUT2D eigenvalue weighted by Gasteiger charge is -2.32. The molecule has 2 aromatic rings. The SMILES string of the molecule is CC(=O)c1cccc(NC(=O)[C@H]2CCCN(C(=O)c3ccccc3F)C2)c1. The molecule has 1 aliphatic heterocycles. The zero-order valence-corrected chi connectivity index (χ0v) is 15.1. The van der Waals surface area contributed by atoms with Gasteiger partial charge in [0.05, 0.1) is 11.5 Å². The van der Waals surface area contributed by atoms with Crippen molar-refractivity contribution < 1.29 is 18.8 Å². The van der Waals surface area contributed by atoms with Crippen LogP contribution in [0.1, 0.15) is 40.5 Å². The van der Waals surface area contributed by atoms with Gasteiger partial charge in [-0.05, 0) is 44.0 Å². The van der Waals surface area contributed by atoms with Gasteiger partial charge in [-0.3, -0.25) is 14.4 Å². The number of anilines is 1. The molecule has 0 aliphatic carbocycles. The summed E-state index contributed by atoms with van der Waals surface area (Å²) >= 11 is 0. The minimum absolute atomic E-state index is 0.0210. The van der Waals surface area contributed by atoms with Crippen molar-refractivity contribution in [2.45, 2.75) is 19.8 Å². The number of nitrogens with one attached hydrogen (secondary N) is 1. The smallest absolute Gasteiger partial charge is 0.256 e. The van der Waals surface area contributed by atoms with Crippen molar-refractivity contribution in [3.05, 3.63) is 65.5 Å². The zero-order chi connectivity index (χ0) is 19.4. The maximum atomic E-state index is 13.9. The lowest BCUT2D eigenvalue weighted by Crippen LogP contribution is -2.44. The number of likely N-dealkylation sites (tertiary alicyclic amines) is 1. The Bertz CT molecular complexity index is 881. The number of rotatable bonds is 4. The molecule has 0 bridgehead atoms. The molecule has 2 amide bonds. The van der Waals surface area contributed by atoms with E-state index in [-0.39, 0.29) is 29.7 Å². The molecule has 0 spiro atoms. The summed E-state index contributed by atoms with van der Waals surface area (Å²) in [6.07, 6.45) is 1.32. The molecule has 0 radical (unpaired) electrons. The molecular formula is C21H21FN2O3. The highest BCUT2D eigenvalue weighted by Gasteiger charge is 2.30. The van der Waals surface area contributed by atoms with Crippen LogP contribution in [0.5, 0.6) is 0 Å². The molecule has 1 aliphatic rings. The molecule has 140 valence electrons. The third-order valence-corrected chi connectivity index (χ3v) is 4.72. The van der Waals surface area contributed by atoms with E-state index >= 15 is 0 Å². The molecule has 1 fully saturated rings. The Morgan fingerprint density at radius 3 is 2.63 bits per heavy atom. The number of carbonyl (C=O) groups excluding carboxylic acids is 3. The first-order chi connectivity index (χ1) is 13.0. The third kappa shape index (κ3) is 4.39. The van der Waals surface area contributed by atoms with Crippen LogP contribution < -0.4 is 5.32 Å². The highest BCUT2D eigenvalue weighted by Crippen LogP contribution is 2.22. The fourth-order valence-corrected chi connectivity index (χ4v) is 3.24. The number of nitrogens with zero attached hydrogens (tertiary/aromatic N) is 1. The number of halogens is 1. The summed E-state index contributed by atoms with van der Waals surface area (Å²) in [5.74, 6) is -1.62. The Labute approximate surface area is 157 Å². The van der Waals surface area contributed by atoms with E-state index in [9.17, 15) is 18.8 Å². The Morgan fingerprint density at radius 1 is 1.11 bits per heavy atom. The molecule has 6 heteroatoms. The maximum absolute atomic E-state index is 13.9. The molecule has 5 nitrogen and oxygen atoms in total. The van der Waals surface area contributed by atoms with Crippen molar-refractivity contribution in [2.24, 2.45) is 5.92 Å². The Morgan fingerprint density at radius 2 is 1.89 bits per heavy atom. The number of hydrogen-bond acceptors (Lipinski definition) is 3. The van der Waals surface area contributed by atoms with E-state index in [1.165, 1.54) is 30.0 Å². The number of piperidine rings is 1. The number of hydrogen-bond donors (Lipinski definition) is 1. The van der Waals surface area contributed by atoms with Gasteiger partial charge in [-0.25, -0.2) is 4.39 Å². The quantitative estimate of drug-likeness (QED) is 0.840. The van der Waals surface area contributed by atoms with Gasteiger partial charge < -0.3 is 10.2 Å². The van der Waals surface area contributed by atoms with Gasteiger partial charge in [-0.1, -0.05) is 24.3 Å². The summed E-state index contributed by atoms with van der Waals surface area (Å²) in [5, 5.41) is 2.81. The van der Waals surface area contributed by atoms with Crippen LogP contribution in [0.25, 0.3) is 0 Å². The minimum atomic E-state index is -0.560. The molecular weight excluding hydrogens is 347 g/mol. The normalized spacial score (nSPS) is 16.7. The van der Waals surface area contributed by atoms with Crippen LogP contribution in [0.4, 0.5) is 10.1 Å². The Kier molecular flexibility index (Phi) is 5.64. The predicted octanol–water partition coefficient (Wildman–Crippen LogP) is 3.52. The minimum Gasteiger partial charge on any atom is -0.338 e. The van der Waals surface area contributed by atoms with Gasteiger partial charge in [0.1, 0.15) is 5.82 Å². The first-order valence-electron chi connectivity index (χ1n) is 8.91. The third-order valence-electron chi connectivity index (χ3n) is 4.72. The number of carbonyl (C=O) groups is 3. The molecule has 0 aromatic heterocycles. The molecule has 1 heterocycles. The largest absolute Gasteiger partial charge is 0.338 e. The van der Waals surface area contributed by atoms with Crippen LogP contribution in [-0.4, -0.2) is 35.6 Å². The molecule has 0 unspecified atom stereocenters. The van der Waals surface area contributed by atoms with Crippen molar-refractivity contribution in [3.63, 3.8) is 0 Å². The second-order valence-corrected chi connectivity index (χ2v) is 6.70.